The predicted octanol–water partition coefficient (Wildman–Crippen LogP) is 3.97. The second-order valence-corrected chi connectivity index (χ2v) is 4.79. The monoisotopic (exact) mass is 259 g/mol. The maximum Gasteiger partial charge on any atom is 0.0612 e. The first-order valence-electron chi connectivity index (χ1n) is 5.56. The van der Waals surface area contributed by atoms with Crippen LogP contribution in [0.4, 0.5) is 5.69 Å². The van der Waals surface area contributed by atoms with Crippen molar-refractivity contribution in [3.05, 3.63) is 28.2 Å². The van der Waals surface area contributed by atoms with E-state index in [9.17, 15) is 0 Å². The number of benzene rings is 1. The summed E-state index contributed by atoms with van der Waals surface area (Å²) >= 11 is 11.8. The number of ether oxygens (including phenoxy) is 1. The average Bonchev–Trinajstić information content (AvgIpc) is 2.76. The quantitative estimate of drug-likeness (QED) is 0.884. The lowest BCUT2D eigenvalue weighted by atomic mass is 10.2. The first kappa shape index (κ1) is 12.0. The molecule has 1 aromatic carbocycles. The van der Waals surface area contributed by atoms with E-state index in [0.29, 0.717) is 16.1 Å². The number of halogens is 2. The standard InChI is InChI=1S/C12H15Cl2NO/c13-11-4-3-9(8-12(11)14)15-6-5-10-2-1-7-16-10/h3-4,8,10,15H,1-2,5-7H2. The molecule has 16 heavy (non-hydrogen) atoms. The normalized spacial score (nSPS) is 20.0. The van der Waals surface area contributed by atoms with Crippen LogP contribution < -0.4 is 5.32 Å². The summed E-state index contributed by atoms with van der Waals surface area (Å²) in [6, 6.07) is 5.58. The molecular formula is C12H15Cl2NO. The summed E-state index contributed by atoms with van der Waals surface area (Å²) in [5.74, 6) is 0. The Morgan fingerprint density at radius 1 is 1.31 bits per heavy atom. The van der Waals surface area contributed by atoms with Crippen LogP contribution in [-0.2, 0) is 4.74 Å². The van der Waals surface area contributed by atoms with Crippen molar-refractivity contribution in [2.45, 2.75) is 25.4 Å². The molecule has 1 aromatic rings. The van der Waals surface area contributed by atoms with E-state index < -0.39 is 0 Å². The summed E-state index contributed by atoms with van der Waals surface area (Å²) < 4.78 is 5.55. The van der Waals surface area contributed by atoms with E-state index in [1.807, 2.05) is 12.1 Å². The summed E-state index contributed by atoms with van der Waals surface area (Å²) in [4.78, 5) is 0. The van der Waals surface area contributed by atoms with E-state index in [-0.39, 0.29) is 0 Å². The van der Waals surface area contributed by atoms with Gasteiger partial charge < -0.3 is 10.1 Å². The first-order chi connectivity index (χ1) is 7.75. The van der Waals surface area contributed by atoms with Gasteiger partial charge in [0.25, 0.3) is 0 Å². The molecule has 2 nitrogen and oxygen atoms in total. The van der Waals surface area contributed by atoms with Crippen LogP contribution in [0, 0.1) is 0 Å². The van der Waals surface area contributed by atoms with Gasteiger partial charge >= 0.3 is 0 Å². The van der Waals surface area contributed by atoms with Crippen molar-refractivity contribution in [1.82, 2.24) is 0 Å². The van der Waals surface area contributed by atoms with Crippen molar-refractivity contribution < 1.29 is 4.74 Å². The third-order valence-electron chi connectivity index (χ3n) is 2.74. The Labute approximate surface area is 106 Å². The van der Waals surface area contributed by atoms with E-state index in [4.69, 9.17) is 27.9 Å². The SMILES string of the molecule is Clc1ccc(NCCC2CCCO2)cc1Cl. The molecule has 1 unspecified atom stereocenters. The molecule has 1 saturated heterocycles. The van der Waals surface area contributed by atoms with E-state index in [0.717, 1.165) is 25.3 Å². The molecular weight excluding hydrogens is 245 g/mol. The first-order valence-corrected chi connectivity index (χ1v) is 6.32. The van der Waals surface area contributed by atoms with Gasteiger partial charge in [-0.15, -0.1) is 0 Å². The van der Waals surface area contributed by atoms with Crippen molar-refractivity contribution in [3.8, 4) is 0 Å². The van der Waals surface area contributed by atoms with Crippen LogP contribution in [-0.4, -0.2) is 19.3 Å². The molecule has 1 atom stereocenters. The fourth-order valence-electron chi connectivity index (χ4n) is 1.86. The van der Waals surface area contributed by atoms with Crippen molar-refractivity contribution in [1.29, 1.82) is 0 Å². The van der Waals surface area contributed by atoms with Gasteiger partial charge in [0.1, 0.15) is 0 Å². The fraction of sp³-hybridized carbons (Fsp3) is 0.500. The van der Waals surface area contributed by atoms with Gasteiger partial charge in [0.2, 0.25) is 0 Å². The minimum absolute atomic E-state index is 0.426. The van der Waals surface area contributed by atoms with Crippen LogP contribution in [0.2, 0.25) is 10.0 Å². The predicted molar refractivity (Wildman–Crippen MR) is 68.5 cm³/mol. The van der Waals surface area contributed by atoms with Gasteiger partial charge in [-0.3, -0.25) is 0 Å². The number of anilines is 1. The molecule has 0 bridgehead atoms. The van der Waals surface area contributed by atoms with Crippen LogP contribution in [0.25, 0.3) is 0 Å². The zero-order valence-electron chi connectivity index (χ0n) is 9.01. The summed E-state index contributed by atoms with van der Waals surface area (Å²) in [6.45, 7) is 1.82. The van der Waals surface area contributed by atoms with Crippen LogP contribution in [0.15, 0.2) is 18.2 Å². The molecule has 0 amide bonds. The third kappa shape index (κ3) is 3.27. The van der Waals surface area contributed by atoms with E-state index in [2.05, 4.69) is 5.32 Å². The highest BCUT2D eigenvalue weighted by molar-refractivity contribution is 6.42. The Bertz CT molecular complexity index is 351. The molecule has 4 heteroatoms. The highest BCUT2D eigenvalue weighted by atomic mass is 35.5. The lowest BCUT2D eigenvalue weighted by molar-refractivity contribution is 0.107. The largest absolute Gasteiger partial charge is 0.385 e. The average molecular weight is 260 g/mol. The number of rotatable bonds is 4. The maximum atomic E-state index is 5.92. The molecule has 1 aliphatic heterocycles. The van der Waals surface area contributed by atoms with Crippen LogP contribution in [0.3, 0.4) is 0 Å². The zero-order valence-corrected chi connectivity index (χ0v) is 10.5. The van der Waals surface area contributed by atoms with Gasteiger partial charge in [0, 0.05) is 18.8 Å². The van der Waals surface area contributed by atoms with Crippen molar-refractivity contribution in [2.75, 3.05) is 18.5 Å². The van der Waals surface area contributed by atoms with E-state index >= 15 is 0 Å². The van der Waals surface area contributed by atoms with E-state index in [1.165, 1.54) is 12.8 Å². The lowest BCUT2D eigenvalue weighted by Crippen LogP contribution is -2.12. The molecule has 88 valence electrons. The van der Waals surface area contributed by atoms with Crippen molar-refractivity contribution >= 4 is 28.9 Å². The second kappa shape index (κ2) is 5.76. The molecule has 1 fully saturated rings. The van der Waals surface area contributed by atoms with Gasteiger partial charge in [0.15, 0.2) is 0 Å². The Kier molecular flexibility index (Phi) is 4.33. The third-order valence-corrected chi connectivity index (χ3v) is 3.48. The molecule has 0 aliphatic carbocycles. The topological polar surface area (TPSA) is 21.3 Å². The zero-order chi connectivity index (χ0) is 11.4. The minimum atomic E-state index is 0.426. The van der Waals surface area contributed by atoms with Crippen LogP contribution in [0.1, 0.15) is 19.3 Å². The molecule has 2 rings (SSSR count). The van der Waals surface area contributed by atoms with Crippen molar-refractivity contribution in [2.24, 2.45) is 0 Å². The van der Waals surface area contributed by atoms with Gasteiger partial charge in [-0.05, 0) is 37.5 Å². The second-order valence-electron chi connectivity index (χ2n) is 3.98. The van der Waals surface area contributed by atoms with E-state index in [1.54, 1.807) is 6.07 Å². The minimum Gasteiger partial charge on any atom is -0.385 e. The summed E-state index contributed by atoms with van der Waals surface area (Å²) in [6.07, 6.45) is 3.84. The molecule has 0 saturated carbocycles. The molecule has 0 radical (unpaired) electrons. The number of nitrogens with one attached hydrogen (secondary N) is 1. The van der Waals surface area contributed by atoms with Gasteiger partial charge in [-0.2, -0.15) is 0 Å². The Hall–Kier alpha value is -0.440. The lowest BCUT2D eigenvalue weighted by Gasteiger charge is -2.11. The van der Waals surface area contributed by atoms with Gasteiger partial charge in [-0.1, -0.05) is 23.2 Å². The van der Waals surface area contributed by atoms with Crippen molar-refractivity contribution in [3.63, 3.8) is 0 Å². The summed E-state index contributed by atoms with van der Waals surface area (Å²) in [5, 5.41) is 4.49. The number of hydrogen-bond acceptors (Lipinski definition) is 2. The van der Waals surface area contributed by atoms with Gasteiger partial charge in [-0.25, -0.2) is 0 Å². The smallest absolute Gasteiger partial charge is 0.0612 e. The maximum absolute atomic E-state index is 5.92. The fourth-order valence-corrected chi connectivity index (χ4v) is 2.15. The van der Waals surface area contributed by atoms with Crippen LogP contribution >= 0.6 is 23.2 Å². The summed E-state index contributed by atoms with van der Waals surface area (Å²) in [7, 11) is 0. The Balaban J connectivity index is 1.78. The molecule has 1 N–H and O–H groups in total. The molecule has 0 aromatic heterocycles. The number of hydrogen-bond donors (Lipinski definition) is 1. The highest BCUT2D eigenvalue weighted by Gasteiger charge is 2.14. The molecule has 1 heterocycles. The highest BCUT2D eigenvalue weighted by Crippen LogP contribution is 2.25. The molecule has 0 spiro atoms. The van der Waals surface area contributed by atoms with Gasteiger partial charge in [0.05, 0.1) is 16.1 Å². The molecule has 1 aliphatic rings. The van der Waals surface area contributed by atoms with Crippen LogP contribution in [0.5, 0.6) is 0 Å². The Morgan fingerprint density at radius 3 is 2.88 bits per heavy atom. The Morgan fingerprint density at radius 2 is 2.19 bits per heavy atom. The summed E-state index contributed by atoms with van der Waals surface area (Å²) in [5.41, 5.74) is 1.01.